The molecule has 3 nitrogen and oxygen atoms in total. The molecule has 0 saturated heterocycles. The molecule has 0 spiro atoms. The van der Waals surface area contributed by atoms with E-state index in [9.17, 15) is 4.79 Å². The summed E-state index contributed by atoms with van der Waals surface area (Å²) in [6.45, 7) is 0. The van der Waals surface area contributed by atoms with Crippen molar-refractivity contribution >= 4 is 23.0 Å². The molecular formula is C11H8N2O. The normalized spacial score (nSPS) is 14.7. The molecule has 1 aliphatic rings. The largest absolute Gasteiger partial charge is 0.361 e. The van der Waals surface area contributed by atoms with Crippen LogP contribution < -0.4 is 0 Å². The molecule has 1 aromatic heterocycles. The van der Waals surface area contributed by atoms with E-state index < -0.39 is 0 Å². The highest BCUT2D eigenvalue weighted by molar-refractivity contribution is 6.11. The standard InChI is InChI=1S/C11H8N2O/c14-11-8-2-1-3-9-10(8)7(6-13-9)4-5-12-11/h1-3,5-6,13H,4H2. The third-order valence-corrected chi connectivity index (χ3v) is 2.54. The number of amides is 1. The van der Waals surface area contributed by atoms with Crippen LogP contribution in [0, 0.1) is 0 Å². The Hall–Kier alpha value is -1.90. The van der Waals surface area contributed by atoms with Gasteiger partial charge in [-0.1, -0.05) is 6.07 Å². The van der Waals surface area contributed by atoms with Gasteiger partial charge in [-0.2, -0.15) is 0 Å². The summed E-state index contributed by atoms with van der Waals surface area (Å²) < 4.78 is 0. The average molecular weight is 184 g/mol. The summed E-state index contributed by atoms with van der Waals surface area (Å²) in [6.07, 6.45) is 4.34. The van der Waals surface area contributed by atoms with E-state index in [1.807, 2.05) is 24.4 Å². The lowest BCUT2D eigenvalue weighted by atomic mass is 10.1. The smallest absolute Gasteiger partial charge is 0.277 e. The molecule has 1 aliphatic heterocycles. The topological polar surface area (TPSA) is 45.2 Å². The van der Waals surface area contributed by atoms with E-state index in [1.54, 1.807) is 6.21 Å². The zero-order valence-corrected chi connectivity index (χ0v) is 7.45. The lowest BCUT2D eigenvalue weighted by Gasteiger charge is -1.97. The summed E-state index contributed by atoms with van der Waals surface area (Å²) in [5, 5.41) is 1.02. The maximum Gasteiger partial charge on any atom is 0.277 e. The van der Waals surface area contributed by atoms with Crippen LogP contribution in [-0.2, 0) is 6.42 Å². The van der Waals surface area contributed by atoms with Crippen LogP contribution in [0.1, 0.15) is 15.9 Å². The second-order valence-corrected chi connectivity index (χ2v) is 3.36. The van der Waals surface area contributed by atoms with E-state index in [0.29, 0.717) is 5.56 Å². The minimum absolute atomic E-state index is 0.144. The molecule has 2 aromatic rings. The third kappa shape index (κ3) is 0.865. The summed E-state index contributed by atoms with van der Waals surface area (Å²) >= 11 is 0. The third-order valence-electron chi connectivity index (χ3n) is 2.54. The first-order valence-corrected chi connectivity index (χ1v) is 4.52. The van der Waals surface area contributed by atoms with E-state index in [0.717, 1.165) is 22.9 Å². The van der Waals surface area contributed by atoms with E-state index in [4.69, 9.17) is 0 Å². The molecule has 3 rings (SSSR count). The molecule has 0 fully saturated rings. The Balaban J connectivity index is 2.50. The zero-order chi connectivity index (χ0) is 9.54. The number of benzene rings is 1. The maximum atomic E-state index is 11.6. The van der Waals surface area contributed by atoms with E-state index in [2.05, 4.69) is 9.98 Å². The van der Waals surface area contributed by atoms with Crippen LogP contribution in [0.15, 0.2) is 29.4 Å². The van der Waals surface area contributed by atoms with Crippen LogP contribution in [0.4, 0.5) is 0 Å². The molecule has 1 N–H and O–H groups in total. The van der Waals surface area contributed by atoms with Gasteiger partial charge in [-0.3, -0.25) is 4.79 Å². The van der Waals surface area contributed by atoms with Gasteiger partial charge in [-0.15, -0.1) is 0 Å². The predicted octanol–water partition coefficient (Wildman–Crippen LogP) is 1.93. The van der Waals surface area contributed by atoms with Gasteiger partial charge in [0.2, 0.25) is 0 Å². The molecule has 2 heterocycles. The highest BCUT2D eigenvalue weighted by Crippen LogP contribution is 2.24. The second kappa shape index (κ2) is 2.54. The van der Waals surface area contributed by atoms with Gasteiger partial charge in [-0.25, -0.2) is 4.99 Å². The molecule has 0 aliphatic carbocycles. The summed E-state index contributed by atoms with van der Waals surface area (Å²) in [7, 11) is 0. The van der Waals surface area contributed by atoms with Crippen LogP contribution >= 0.6 is 0 Å². The minimum atomic E-state index is -0.144. The minimum Gasteiger partial charge on any atom is -0.361 e. The number of rotatable bonds is 0. The highest BCUT2D eigenvalue weighted by Gasteiger charge is 2.15. The van der Waals surface area contributed by atoms with E-state index in [-0.39, 0.29) is 5.91 Å². The fourth-order valence-corrected chi connectivity index (χ4v) is 1.89. The van der Waals surface area contributed by atoms with E-state index in [1.165, 1.54) is 0 Å². The van der Waals surface area contributed by atoms with Crippen LogP contribution in [0.25, 0.3) is 10.9 Å². The Morgan fingerprint density at radius 1 is 1.36 bits per heavy atom. The second-order valence-electron chi connectivity index (χ2n) is 3.36. The van der Waals surface area contributed by atoms with Gasteiger partial charge in [0, 0.05) is 29.7 Å². The quantitative estimate of drug-likeness (QED) is 0.668. The van der Waals surface area contributed by atoms with Gasteiger partial charge >= 0.3 is 0 Å². The van der Waals surface area contributed by atoms with Crippen LogP contribution in [0.2, 0.25) is 0 Å². The van der Waals surface area contributed by atoms with E-state index >= 15 is 0 Å². The van der Waals surface area contributed by atoms with Crippen LogP contribution in [0.3, 0.4) is 0 Å². The Morgan fingerprint density at radius 3 is 3.21 bits per heavy atom. The summed E-state index contributed by atoms with van der Waals surface area (Å²) in [5.41, 5.74) is 2.86. The van der Waals surface area contributed by atoms with Crippen molar-refractivity contribution in [2.24, 2.45) is 4.99 Å². The number of aromatic amines is 1. The number of carbonyl (C=O) groups excluding carboxylic acids is 1. The zero-order valence-electron chi connectivity index (χ0n) is 7.45. The van der Waals surface area contributed by atoms with Crippen molar-refractivity contribution in [1.82, 2.24) is 4.98 Å². The molecule has 0 saturated carbocycles. The monoisotopic (exact) mass is 184 g/mol. The molecule has 0 radical (unpaired) electrons. The van der Waals surface area contributed by atoms with Crippen LogP contribution in [-0.4, -0.2) is 17.1 Å². The van der Waals surface area contributed by atoms with Crippen LogP contribution in [0.5, 0.6) is 0 Å². The number of carbonyl (C=O) groups is 1. The summed E-state index contributed by atoms with van der Waals surface area (Å²) in [5.74, 6) is -0.144. The number of hydrogen-bond acceptors (Lipinski definition) is 1. The number of H-pyrrole nitrogens is 1. The van der Waals surface area contributed by atoms with Crippen molar-refractivity contribution in [3.05, 3.63) is 35.5 Å². The van der Waals surface area contributed by atoms with Gasteiger partial charge in [-0.05, 0) is 17.7 Å². The fraction of sp³-hybridized carbons (Fsp3) is 0.0909. The number of nitrogens with zero attached hydrogens (tertiary/aromatic N) is 1. The molecule has 0 unspecified atom stereocenters. The molecular weight excluding hydrogens is 176 g/mol. The number of hydrogen-bond donors (Lipinski definition) is 1. The van der Waals surface area contributed by atoms with Gasteiger partial charge in [0.25, 0.3) is 5.91 Å². The number of aromatic nitrogens is 1. The Labute approximate surface area is 80.5 Å². The fourth-order valence-electron chi connectivity index (χ4n) is 1.89. The Bertz CT molecular complexity index is 551. The molecule has 1 aromatic carbocycles. The summed E-state index contributed by atoms with van der Waals surface area (Å²) in [4.78, 5) is 18.6. The van der Waals surface area contributed by atoms with Crippen molar-refractivity contribution in [3.63, 3.8) is 0 Å². The van der Waals surface area contributed by atoms with Crippen molar-refractivity contribution in [1.29, 1.82) is 0 Å². The first-order valence-electron chi connectivity index (χ1n) is 4.52. The molecule has 0 bridgehead atoms. The first kappa shape index (κ1) is 7.50. The molecule has 68 valence electrons. The molecule has 14 heavy (non-hydrogen) atoms. The lowest BCUT2D eigenvalue weighted by Crippen LogP contribution is -1.93. The van der Waals surface area contributed by atoms with Crippen molar-refractivity contribution in [2.75, 3.05) is 0 Å². The lowest BCUT2D eigenvalue weighted by molar-refractivity contribution is 0.100. The van der Waals surface area contributed by atoms with Gasteiger partial charge in [0.1, 0.15) is 0 Å². The molecule has 1 amide bonds. The van der Waals surface area contributed by atoms with Gasteiger partial charge in [0.15, 0.2) is 0 Å². The first-order chi connectivity index (χ1) is 6.86. The maximum absolute atomic E-state index is 11.6. The number of nitrogens with one attached hydrogen (secondary N) is 1. The summed E-state index contributed by atoms with van der Waals surface area (Å²) in [6, 6.07) is 5.67. The average Bonchev–Trinajstić information content (AvgIpc) is 2.53. The highest BCUT2D eigenvalue weighted by atomic mass is 16.1. The number of aliphatic imine (C=N–C) groups is 1. The van der Waals surface area contributed by atoms with Gasteiger partial charge < -0.3 is 4.98 Å². The Morgan fingerprint density at radius 2 is 2.29 bits per heavy atom. The predicted molar refractivity (Wildman–Crippen MR) is 54.8 cm³/mol. The van der Waals surface area contributed by atoms with Gasteiger partial charge in [0.05, 0.1) is 5.56 Å². The van der Waals surface area contributed by atoms with Crippen molar-refractivity contribution in [3.8, 4) is 0 Å². The van der Waals surface area contributed by atoms with Crippen molar-refractivity contribution < 1.29 is 4.79 Å². The molecule has 0 atom stereocenters. The van der Waals surface area contributed by atoms with Crippen molar-refractivity contribution in [2.45, 2.75) is 6.42 Å². The Kier molecular flexibility index (Phi) is 1.36. The molecule has 3 heteroatoms. The SMILES string of the molecule is O=C1N=CCc2c[nH]c3cccc1c23.